The van der Waals surface area contributed by atoms with E-state index < -0.39 is 0 Å². The van der Waals surface area contributed by atoms with Crippen molar-refractivity contribution in [1.82, 2.24) is 25.4 Å². The Morgan fingerprint density at radius 3 is 2.62 bits per heavy atom. The van der Waals surface area contributed by atoms with Crippen molar-refractivity contribution >= 4 is 29.9 Å². The summed E-state index contributed by atoms with van der Waals surface area (Å²) in [7, 11) is 1.77. The molecule has 3 aromatic rings. The highest BCUT2D eigenvalue weighted by molar-refractivity contribution is 14.0. The van der Waals surface area contributed by atoms with Gasteiger partial charge in [-0.3, -0.25) is 9.98 Å². The number of benzene rings is 1. The van der Waals surface area contributed by atoms with E-state index in [0.29, 0.717) is 6.54 Å². The molecule has 3 rings (SSSR count). The molecule has 0 aliphatic heterocycles. The van der Waals surface area contributed by atoms with Gasteiger partial charge in [-0.1, -0.05) is 24.3 Å². The Morgan fingerprint density at radius 2 is 1.88 bits per heavy atom. The second kappa shape index (κ2) is 10.5. The molecule has 0 saturated heterocycles. The zero-order chi connectivity index (χ0) is 17.3. The molecule has 26 heavy (non-hydrogen) atoms. The third-order valence-corrected chi connectivity index (χ3v) is 3.74. The smallest absolute Gasteiger partial charge is 0.191 e. The van der Waals surface area contributed by atoms with Crippen LogP contribution in [0.1, 0.15) is 11.3 Å². The van der Waals surface area contributed by atoms with Gasteiger partial charge in [0.2, 0.25) is 0 Å². The molecular formula is C19H23IN6. The summed E-state index contributed by atoms with van der Waals surface area (Å²) in [6.07, 6.45) is 6.55. The molecule has 0 saturated carbocycles. The van der Waals surface area contributed by atoms with Gasteiger partial charge in [0.1, 0.15) is 0 Å². The van der Waals surface area contributed by atoms with Gasteiger partial charge in [0.25, 0.3) is 0 Å². The first-order valence-electron chi connectivity index (χ1n) is 8.28. The molecule has 0 unspecified atom stereocenters. The molecule has 0 bridgehead atoms. The van der Waals surface area contributed by atoms with Crippen LogP contribution >= 0.6 is 24.0 Å². The summed E-state index contributed by atoms with van der Waals surface area (Å²) < 4.78 is 1.87. The molecule has 0 radical (unpaired) electrons. The van der Waals surface area contributed by atoms with Gasteiger partial charge in [-0.25, -0.2) is 4.68 Å². The number of nitrogens with one attached hydrogen (secondary N) is 2. The maximum Gasteiger partial charge on any atom is 0.191 e. The predicted octanol–water partition coefficient (Wildman–Crippen LogP) is 2.79. The monoisotopic (exact) mass is 462 g/mol. The zero-order valence-corrected chi connectivity index (χ0v) is 17.0. The SMILES string of the molecule is CN=C(NCCc1ccccn1)NCc1cnn(-c2ccccc2)c1.I. The molecule has 7 heteroatoms. The molecule has 6 nitrogen and oxygen atoms in total. The van der Waals surface area contributed by atoms with E-state index >= 15 is 0 Å². The highest BCUT2D eigenvalue weighted by atomic mass is 127. The molecule has 136 valence electrons. The summed E-state index contributed by atoms with van der Waals surface area (Å²) in [5.41, 5.74) is 3.21. The Morgan fingerprint density at radius 1 is 1.08 bits per heavy atom. The Kier molecular flexibility index (Phi) is 8.07. The fourth-order valence-corrected chi connectivity index (χ4v) is 2.43. The Bertz CT molecular complexity index is 801. The summed E-state index contributed by atoms with van der Waals surface area (Å²) in [6.45, 7) is 1.44. The summed E-state index contributed by atoms with van der Waals surface area (Å²) in [4.78, 5) is 8.56. The van der Waals surface area contributed by atoms with Gasteiger partial charge in [-0.15, -0.1) is 24.0 Å². The van der Waals surface area contributed by atoms with E-state index in [2.05, 4.69) is 25.7 Å². The van der Waals surface area contributed by atoms with Crippen LogP contribution in [0.4, 0.5) is 0 Å². The Hall–Kier alpha value is -2.42. The number of rotatable bonds is 6. The molecule has 1 aromatic carbocycles. The lowest BCUT2D eigenvalue weighted by atomic mass is 10.3. The van der Waals surface area contributed by atoms with Gasteiger partial charge in [-0.2, -0.15) is 5.10 Å². The van der Waals surface area contributed by atoms with Crippen LogP contribution in [0.25, 0.3) is 5.69 Å². The average molecular weight is 462 g/mol. The third kappa shape index (κ3) is 5.83. The topological polar surface area (TPSA) is 67.1 Å². The van der Waals surface area contributed by atoms with Crippen molar-refractivity contribution in [3.8, 4) is 5.69 Å². The second-order valence-corrected chi connectivity index (χ2v) is 5.55. The molecule has 0 aliphatic carbocycles. The van der Waals surface area contributed by atoms with Crippen molar-refractivity contribution in [2.75, 3.05) is 13.6 Å². The highest BCUT2D eigenvalue weighted by Crippen LogP contribution is 2.07. The summed E-state index contributed by atoms with van der Waals surface area (Å²) in [5.74, 6) is 0.767. The van der Waals surface area contributed by atoms with E-state index in [1.54, 1.807) is 7.05 Å². The molecule has 0 fully saturated rings. The van der Waals surface area contributed by atoms with E-state index in [1.165, 1.54) is 0 Å². The van der Waals surface area contributed by atoms with Gasteiger partial charge >= 0.3 is 0 Å². The minimum Gasteiger partial charge on any atom is -0.356 e. The summed E-state index contributed by atoms with van der Waals surface area (Å²) >= 11 is 0. The maximum absolute atomic E-state index is 4.40. The van der Waals surface area contributed by atoms with Crippen LogP contribution in [0, 0.1) is 0 Å². The molecule has 0 aliphatic rings. The quantitative estimate of drug-likeness (QED) is 0.336. The normalized spacial score (nSPS) is 10.9. The molecule has 0 spiro atoms. The Balaban J connectivity index is 0.00000243. The molecular weight excluding hydrogens is 439 g/mol. The number of aromatic nitrogens is 3. The molecule has 2 aromatic heterocycles. The number of para-hydroxylation sites is 1. The number of hydrogen-bond donors (Lipinski definition) is 2. The van der Waals surface area contributed by atoms with Gasteiger partial charge in [0.05, 0.1) is 11.9 Å². The number of aliphatic imine (C=N–C) groups is 1. The Labute approximate surface area is 170 Å². The van der Waals surface area contributed by atoms with E-state index in [1.807, 2.05) is 71.8 Å². The summed E-state index contributed by atoms with van der Waals surface area (Å²) in [5, 5.41) is 11.0. The van der Waals surface area contributed by atoms with Gasteiger partial charge in [0, 0.05) is 50.2 Å². The van der Waals surface area contributed by atoms with Crippen molar-refractivity contribution in [2.45, 2.75) is 13.0 Å². The predicted molar refractivity (Wildman–Crippen MR) is 115 cm³/mol. The van der Waals surface area contributed by atoms with Crippen molar-refractivity contribution in [3.63, 3.8) is 0 Å². The van der Waals surface area contributed by atoms with E-state index in [9.17, 15) is 0 Å². The third-order valence-electron chi connectivity index (χ3n) is 3.74. The van der Waals surface area contributed by atoms with Crippen LogP contribution in [0.2, 0.25) is 0 Å². The van der Waals surface area contributed by atoms with Crippen molar-refractivity contribution in [1.29, 1.82) is 0 Å². The first kappa shape index (κ1) is 19.9. The van der Waals surface area contributed by atoms with Crippen LogP contribution in [0.5, 0.6) is 0 Å². The number of pyridine rings is 1. The fourth-order valence-electron chi connectivity index (χ4n) is 2.43. The van der Waals surface area contributed by atoms with Crippen LogP contribution < -0.4 is 10.6 Å². The second-order valence-electron chi connectivity index (χ2n) is 5.55. The fraction of sp³-hybridized carbons (Fsp3) is 0.211. The standard InChI is InChI=1S/C19H22N6.HI/c1-20-19(22-12-10-17-7-5-6-11-21-17)23-13-16-14-24-25(15-16)18-8-3-2-4-9-18;/h2-9,11,14-15H,10,12-13H2,1H3,(H2,20,22,23);1H. The molecule has 2 heterocycles. The van der Waals surface area contributed by atoms with Crippen LogP contribution in [0.15, 0.2) is 72.1 Å². The molecule has 0 amide bonds. The zero-order valence-electron chi connectivity index (χ0n) is 14.7. The molecule has 2 N–H and O–H groups in total. The van der Waals surface area contributed by atoms with E-state index in [0.717, 1.165) is 35.9 Å². The van der Waals surface area contributed by atoms with Gasteiger partial charge in [0.15, 0.2) is 5.96 Å². The number of halogens is 1. The average Bonchev–Trinajstić information content (AvgIpc) is 3.15. The maximum atomic E-state index is 4.40. The van der Waals surface area contributed by atoms with Crippen molar-refractivity contribution < 1.29 is 0 Å². The minimum atomic E-state index is 0. The van der Waals surface area contributed by atoms with Crippen LogP contribution in [0.3, 0.4) is 0 Å². The van der Waals surface area contributed by atoms with E-state index in [-0.39, 0.29) is 24.0 Å². The lowest BCUT2D eigenvalue weighted by Crippen LogP contribution is -2.37. The minimum absolute atomic E-state index is 0. The van der Waals surface area contributed by atoms with Crippen molar-refractivity contribution in [2.24, 2.45) is 4.99 Å². The highest BCUT2D eigenvalue weighted by Gasteiger charge is 2.03. The lowest BCUT2D eigenvalue weighted by molar-refractivity contribution is 0.784. The van der Waals surface area contributed by atoms with Crippen molar-refractivity contribution in [3.05, 3.63) is 78.4 Å². The van der Waals surface area contributed by atoms with Crippen LogP contribution in [-0.2, 0) is 13.0 Å². The van der Waals surface area contributed by atoms with Gasteiger partial charge in [-0.05, 0) is 24.3 Å². The number of hydrogen-bond acceptors (Lipinski definition) is 3. The van der Waals surface area contributed by atoms with Crippen LogP contribution in [-0.4, -0.2) is 34.3 Å². The number of guanidine groups is 1. The first-order valence-corrected chi connectivity index (χ1v) is 8.28. The summed E-state index contributed by atoms with van der Waals surface area (Å²) in [6, 6.07) is 16.0. The largest absolute Gasteiger partial charge is 0.356 e. The number of nitrogens with zero attached hydrogens (tertiary/aromatic N) is 4. The van der Waals surface area contributed by atoms with Gasteiger partial charge < -0.3 is 10.6 Å². The molecule has 0 atom stereocenters. The first-order chi connectivity index (χ1) is 12.3. The van der Waals surface area contributed by atoms with E-state index in [4.69, 9.17) is 0 Å². The lowest BCUT2D eigenvalue weighted by Gasteiger charge is -2.10.